The van der Waals surface area contributed by atoms with Crippen LogP contribution < -0.4 is 5.73 Å². The zero-order valence-corrected chi connectivity index (χ0v) is 11.0. The second-order valence-electron chi connectivity index (χ2n) is 4.19. The molecule has 0 amide bonds. The van der Waals surface area contributed by atoms with E-state index in [-0.39, 0.29) is 18.8 Å². The third-order valence-electron chi connectivity index (χ3n) is 2.67. The van der Waals surface area contributed by atoms with E-state index in [2.05, 4.69) is 4.98 Å². The number of hydrogen-bond acceptors (Lipinski definition) is 5. The second kappa shape index (κ2) is 6.29. The summed E-state index contributed by atoms with van der Waals surface area (Å²) in [6, 6.07) is 5.04. The maximum Gasteiger partial charge on any atom is 0.323 e. The molecular formula is C14H15FN2O3. The maximum absolute atomic E-state index is 12.8. The molecule has 0 saturated heterocycles. The second-order valence-corrected chi connectivity index (χ2v) is 4.19. The molecule has 5 nitrogen and oxygen atoms in total. The van der Waals surface area contributed by atoms with Crippen molar-refractivity contribution in [3.63, 3.8) is 0 Å². The van der Waals surface area contributed by atoms with Gasteiger partial charge >= 0.3 is 5.97 Å². The third-order valence-corrected chi connectivity index (χ3v) is 2.67. The normalized spacial score (nSPS) is 12.2. The first-order chi connectivity index (χ1) is 9.60. The van der Waals surface area contributed by atoms with Crippen LogP contribution in [0.15, 0.2) is 34.9 Å². The zero-order chi connectivity index (χ0) is 14.5. The molecular weight excluding hydrogens is 263 g/mol. The first-order valence-electron chi connectivity index (χ1n) is 6.23. The standard InChI is InChI=1S/C14H15FN2O3/c1-2-19-14(18)11(16)7-13-17-8-12(20-13)9-3-5-10(15)6-4-9/h3-6,8,11H,2,7,16H2,1H3/t11-/m0/s1. The van der Waals surface area contributed by atoms with Crippen LogP contribution in [-0.4, -0.2) is 23.6 Å². The van der Waals surface area contributed by atoms with E-state index >= 15 is 0 Å². The van der Waals surface area contributed by atoms with Crippen molar-refractivity contribution in [3.8, 4) is 11.3 Å². The first kappa shape index (κ1) is 14.2. The summed E-state index contributed by atoms with van der Waals surface area (Å²) in [5, 5.41) is 0. The van der Waals surface area contributed by atoms with Gasteiger partial charge in [-0.2, -0.15) is 0 Å². The number of carbonyl (C=O) groups excluding carboxylic acids is 1. The molecule has 106 valence electrons. The van der Waals surface area contributed by atoms with Crippen LogP contribution in [0.1, 0.15) is 12.8 Å². The SMILES string of the molecule is CCOC(=O)[C@@H](N)Cc1ncc(-c2ccc(F)cc2)o1. The molecule has 0 unspecified atom stereocenters. The topological polar surface area (TPSA) is 78.4 Å². The minimum absolute atomic E-state index is 0.153. The average molecular weight is 278 g/mol. The van der Waals surface area contributed by atoms with Crippen molar-refractivity contribution in [1.82, 2.24) is 4.98 Å². The van der Waals surface area contributed by atoms with Gasteiger partial charge in [-0.05, 0) is 31.2 Å². The van der Waals surface area contributed by atoms with Gasteiger partial charge in [0, 0.05) is 5.56 Å². The summed E-state index contributed by atoms with van der Waals surface area (Å²) in [4.78, 5) is 15.5. The number of oxazole rings is 1. The highest BCUT2D eigenvalue weighted by molar-refractivity contribution is 5.75. The highest BCUT2D eigenvalue weighted by Crippen LogP contribution is 2.21. The molecule has 1 aromatic heterocycles. The highest BCUT2D eigenvalue weighted by atomic mass is 19.1. The molecule has 2 aromatic rings. The molecule has 0 radical (unpaired) electrons. The molecule has 0 aliphatic carbocycles. The largest absolute Gasteiger partial charge is 0.465 e. The van der Waals surface area contributed by atoms with Crippen molar-refractivity contribution in [2.45, 2.75) is 19.4 Å². The Labute approximate surface area is 115 Å². The van der Waals surface area contributed by atoms with Crippen molar-refractivity contribution in [1.29, 1.82) is 0 Å². The Balaban J connectivity index is 2.05. The molecule has 0 fully saturated rings. The third kappa shape index (κ3) is 3.42. The van der Waals surface area contributed by atoms with E-state index in [0.717, 1.165) is 0 Å². The Kier molecular flexibility index (Phi) is 4.47. The number of nitrogens with two attached hydrogens (primary N) is 1. The van der Waals surface area contributed by atoms with E-state index in [0.29, 0.717) is 17.2 Å². The van der Waals surface area contributed by atoms with Crippen molar-refractivity contribution in [3.05, 3.63) is 42.2 Å². The van der Waals surface area contributed by atoms with Crippen LogP contribution in [0.4, 0.5) is 4.39 Å². The summed E-state index contributed by atoms with van der Waals surface area (Å²) in [5.74, 6) is 0.0211. The van der Waals surface area contributed by atoms with Crippen molar-refractivity contribution in [2.75, 3.05) is 6.61 Å². The lowest BCUT2D eigenvalue weighted by Gasteiger charge is -2.07. The lowest BCUT2D eigenvalue weighted by atomic mass is 10.2. The van der Waals surface area contributed by atoms with Gasteiger partial charge in [0.2, 0.25) is 0 Å². The van der Waals surface area contributed by atoms with Crippen LogP contribution in [-0.2, 0) is 16.0 Å². The van der Waals surface area contributed by atoms with Crippen LogP contribution >= 0.6 is 0 Å². The molecule has 0 spiro atoms. The Bertz CT molecular complexity index is 580. The monoisotopic (exact) mass is 278 g/mol. The quantitative estimate of drug-likeness (QED) is 0.845. The maximum atomic E-state index is 12.8. The van der Waals surface area contributed by atoms with Gasteiger partial charge in [-0.3, -0.25) is 4.79 Å². The van der Waals surface area contributed by atoms with Crippen molar-refractivity contribution in [2.24, 2.45) is 5.73 Å². The predicted molar refractivity (Wildman–Crippen MR) is 70.2 cm³/mol. The summed E-state index contributed by atoms with van der Waals surface area (Å²) in [7, 11) is 0. The molecule has 2 N–H and O–H groups in total. The number of nitrogens with zero attached hydrogens (tertiary/aromatic N) is 1. The van der Waals surface area contributed by atoms with Gasteiger partial charge in [-0.15, -0.1) is 0 Å². The van der Waals surface area contributed by atoms with Crippen molar-refractivity contribution < 1.29 is 18.3 Å². The van der Waals surface area contributed by atoms with E-state index in [1.54, 1.807) is 19.1 Å². The first-order valence-corrected chi connectivity index (χ1v) is 6.23. The number of esters is 1. The Morgan fingerprint density at radius 2 is 2.15 bits per heavy atom. The zero-order valence-electron chi connectivity index (χ0n) is 11.0. The molecule has 6 heteroatoms. The van der Waals surface area contributed by atoms with Gasteiger partial charge in [-0.25, -0.2) is 9.37 Å². The van der Waals surface area contributed by atoms with E-state index in [1.807, 2.05) is 0 Å². The fraction of sp³-hybridized carbons (Fsp3) is 0.286. The van der Waals surface area contributed by atoms with E-state index in [4.69, 9.17) is 14.9 Å². The number of carbonyl (C=O) groups is 1. The lowest BCUT2D eigenvalue weighted by molar-refractivity contribution is -0.144. The van der Waals surface area contributed by atoms with Gasteiger partial charge in [0.1, 0.15) is 11.9 Å². The number of halogens is 1. The summed E-state index contributed by atoms with van der Waals surface area (Å²) < 4.78 is 23.1. The molecule has 0 aliphatic rings. The number of benzene rings is 1. The number of aromatic nitrogens is 1. The molecule has 2 rings (SSSR count). The van der Waals surface area contributed by atoms with Crippen LogP contribution in [0.5, 0.6) is 0 Å². The number of ether oxygens (including phenoxy) is 1. The van der Waals surface area contributed by atoms with E-state index in [1.165, 1.54) is 18.3 Å². The van der Waals surface area contributed by atoms with Gasteiger partial charge in [0.25, 0.3) is 0 Å². The molecule has 20 heavy (non-hydrogen) atoms. The van der Waals surface area contributed by atoms with E-state index < -0.39 is 12.0 Å². The van der Waals surface area contributed by atoms with Crippen LogP contribution in [0.25, 0.3) is 11.3 Å². The van der Waals surface area contributed by atoms with Gasteiger partial charge in [0.05, 0.1) is 19.2 Å². The van der Waals surface area contributed by atoms with Crippen LogP contribution in [0.3, 0.4) is 0 Å². The van der Waals surface area contributed by atoms with Crippen LogP contribution in [0, 0.1) is 5.82 Å². The minimum atomic E-state index is -0.810. The van der Waals surface area contributed by atoms with Gasteiger partial charge in [0.15, 0.2) is 11.7 Å². The number of hydrogen-bond donors (Lipinski definition) is 1. The number of rotatable bonds is 5. The summed E-state index contributed by atoms with van der Waals surface area (Å²) in [6.45, 7) is 1.99. The summed E-state index contributed by atoms with van der Waals surface area (Å²) in [6.07, 6.45) is 1.67. The Hall–Kier alpha value is -2.21. The fourth-order valence-corrected chi connectivity index (χ4v) is 1.67. The summed E-state index contributed by atoms with van der Waals surface area (Å²) >= 11 is 0. The van der Waals surface area contributed by atoms with Crippen LogP contribution in [0.2, 0.25) is 0 Å². The molecule has 1 heterocycles. The Morgan fingerprint density at radius 1 is 1.45 bits per heavy atom. The molecule has 1 atom stereocenters. The van der Waals surface area contributed by atoms with Gasteiger partial charge < -0.3 is 14.9 Å². The van der Waals surface area contributed by atoms with E-state index in [9.17, 15) is 9.18 Å². The molecule has 1 aromatic carbocycles. The lowest BCUT2D eigenvalue weighted by Crippen LogP contribution is -2.34. The molecule has 0 saturated carbocycles. The average Bonchev–Trinajstić information content (AvgIpc) is 2.88. The van der Waals surface area contributed by atoms with Crippen molar-refractivity contribution >= 4 is 5.97 Å². The molecule has 0 aliphatic heterocycles. The summed E-state index contributed by atoms with van der Waals surface area (Å²) in [5.41, 5.74) is 6.38. The smallest absolute Gasteiger partial charge is 0.323 e. The van der Waals surface area contributed by atoms with Gasteiger partial charge in [-0.1, -0.05) is 0 Å². The fourth-order valence-electron chi connectivity index (χ4n) is 1.67. The Morgan fingerprint density at radius 3 is 2.80 bits per heavy atom. The molecule has 0 bridgehead atoms. The minimum Gasteiger partial charge on any atom is -0.465 e. The predicted octanol–water partition coefficient (Wildman–Crippen LogP) is 1.91. The highest BCUT2D eigenvalue weighted by Gasteiger charge is 2.18.